The average molecular weight is 263 g/mol. The van der Waals surface area contributed by atoms with Crippen molar-refractivity contribution in [3.8, 4) is 0 Å². The van der Waals surface area contributed by atoms with Crippen LogP contribution in [-0.2, 0) is 0 Å². The summed E-state index contributed by atoms with van der Waals surface area (Å²) in [4.78, 5) is 12.8. The Bertz CT molecular complexity index is 369. The highest BCUT2D eigenvalue weighted by molar-refractivity contribution is 5.91. The van der Waals surface area contributed by atoms with E-state index in [0.717, 1.165) is 4.90 Å². The van der Waals surface area contributed by atoms with Crippen LogP contribution >= 0.6 is 0 Å². The first-order chi connectivity index (χ1) is 8.39. The van der Waals surface area contributed by atoms with Gasteiger partial charge in [0.15, 0.2) is 5.76 Å². The van der Waals surface area contributed by atoms with Gasteiger partial charge in [-0.2, -0.15) is 13.2 Å². The zero-order chi connectivity index (χ0) is 13.8. The fourth-order valence-electron chi connectivity index (χ4n) is 1.83. The highest BCUT2D eigenvalue weighted by atomic mass is 19.4. The molecule has 0 N–H and O–H groups in total. The fourth-order valence-corrected chi connectivity index (χ4v) is 1.83. The molecule has 0 saturated heterocycles. The van der Waals surface area contributed by atoms with E-state index in [1.54, 1.807) is 13.8 Å². The molecule has 3 nitrogen and oxygen atoms in total. The van der Waals surface area contributed by atoms with Gasteiger partial charge in [0.05, 0.1) is 6.26 Å². The second-order valence-electron chi connectivity index (χ2n) is 4.00. The van der Waals surface area contributed by atoms with Gasteiger partial charge in [0, 0.05) is 6.04 Å². The Morgan fingerprint density at radius 2 is 2.00 bits per heavy atom. The monoisotopic (exact) mass is 263 g/mol. The lowest BCUT2D eigenvalue weighted by atomic mass is 10.1. The van der Waals surface area contributed by atoms with Crippen LogP contribution in [0.15, 0.2) is 22.8 Å². The molecule has 0 aliphatic carbocycles. The van der Waals surface area contributed by atoms with E-state index in [4.69, 9.17) is 4.42 Å². The van der Waals surface area contributed by atoms with Crippen LogP contribution in [0.1, 0.15) is 37.2 Å². The molecule has 1 heterocycles. The van der Waals surface area contributed by atoms with E-state index in [1.165, 1.54) is 18.4 Å². The van der Waals surface area contributed by atoms with Crippen molar-refractivity contribution in [1.82, 2.24) is 4.90 Å². The maximum absolute atomic E-state index is 12.5. The molecule has 0 aliphatic rings. The Hall–Kier alpha value is -1.46. The van der Waals surface area contributed by atoms with E-state index in [-0.39, 0.29) is 5.76 Å². The normalized spacial score (nSPS) is 11.9. The molecule has 1 amide bonds. The summed E-state index contributed by atoms with van der Waals surface area (Å²) in [5.74, 6) is -0.780. The first kappa shape index (κ1) is 14.6. The van der Waals surface area contributed by atoms with Gasteiger partial charge in [0.1, 0.15) is 6.54 Å². The number of halogens is 3. The lowest BCUT2D eigenvalue weighted by molar-refractivity contribution is -0.145. The summed E-state index contributed by atoms with van der Waals surface area (Å²) in [6.07, 6.45) is -2.20. The lowest BCUT2D eigenvalue weighted by Gasteiger charge is -2.30. The molecule has 1 aromatic heterocycles. The van der Waals surface area contributed by atoms with Gasteiger partial charge in [-0.3, -0.25) is 4.79 Å². The van der Waals surface area contributed by atoms with Gasteiger partial charge in [-0.25, -0.2) is 0 Å². The molecular formula is C12H16F3NO2. The Balaban J connectivity index is 2.93. The molecule has 0 spiro atoms. The molecule has 0 saturated carbocycles. The first-order valence-corrected chi connectivity index (χ1v) is 5.80. The summed E-state index contributed by atoms with van der Waals surface area (Å²) in [6, 6.07) is 2.41. The van der Waals surface area contributed by atoms with Gasteiger partial charge < -0.3 is 9.32 Å². The molecule has 0 radical (unpaired) electrons. The zero-order valence-corrected chi connectivity index (χ0v) is 10.3. The van der Waals surface area contributed by atoms with Gasteiger partial charge in [0.2, 0.25) is 0 Å². The van der Waals surface area contributed by atoms with Crippen LogP contribution in [0.4, 0.5) is 13.2 Å². The van der Waals surface area contributed by atoms with Gasteiger partial charge in [-0.1, -0.05) is 13.8 Å². The molecule has 1 aromatic rings. The van der Waals surface area contributed by atoms with Crippen molar-refractivity contribution >= 4 is 5.91 Å². The van der Waals surface area contributed by atoms with E-state index in [1.807, 2.05) is 0 Å². The van der Waals surface area contributed by atoms with Crippen molar-refractivity contribution in [3.05, 3.63) is 24.2 Å². The fraction of sp³-hybridized carbons (Fsp3) is 0.583. The van der Waals surface area contributed by atoms with Crippen molar-refractivity contribution in [1.29, 1.82) is 0 Å². The molecule has 102 valence electrons. The smallest absolute Gasteiger partial charge is 0.406 e. The first-order valence-electron chi connectivity index (χ1n) is 5.80. The number of rotatable bonds is 5. The molecule has 0 bridgehead atoms. The standard InChI is InChI=1S/C12H16F3NO2/c1-3-9(4-2)16(8-12(13,14)15)11(17)10-6-5-7-18-10/h5-7,9H,3-4,8H2,1-2H3. The average Bonchev–Trinajstić information content (AvgIpc) is 2.80. The molecule has 1 rings (SSSR count). The van der Waals surface area contributed by atoms with Crippen LogP contribution in [0.25, 0.3) is 0 Å². The Morgan fingerprint density at radius 1 is 1.39 bits per heavy atom. The maximum Gasteiger partial charge on any atom is 0.406 e. The van der Waals surface area contributed by atoms with Crippen molar-refractivity contribution in [3.63, 3.8) is 0 Å². The number of alkyl halides is 3. The second kappa shape index (κ2) is 5.93. The number of hydrogen-bond acceptors (Lipinski definition) is 2. The lowest BCUT2D eigenvalue weighted by Crippen LogP contribution is -2.45. The van der Waals surface area contributed by atoms with Gasteiger partial charge in [-0.05, 0) is 25.0 Å². The largest absolute Gasteiger partial charge is 0.459 e. The van der Waals surface area contributed by atoms with Crippen LogP contribution < -0.4 is 0 Å². The van der Waals surface area contributed by atoms with Crippen molar-refractivity contribution < 1.29 is 22.4 Å². The van der Waals surface area contributed by atoms with Crippen LogP contribution in [0.5, 0.6) is 0 Å². The molecule has 0 fully saturated rings. The third-order valence-corrected chi connectivity index (χ3v) is 2.73. The third-order valence-electron chi connectivity index (χ3n) is 2.73. The number of amides is 1. The minimum atomic E-state index is -4.41. The number of nitrogens with zero attached hydrogens (tertiary/aromatic N) is 1. The predicted octanol–water partition coefficient (Wildman–Crippen LogP) is 3.47. The third kappa shape index (κ3) is 3.78. The minimum absolute atomic E-state index is 0.0637. The van der Waals surface area contributed by atoms with Crippen molar-refractivity contribution in [2.75, 3.05) is 6.54 Å². The van der Waals surface area contributed by atoms with Gasteiger partial charge in [0.25, 0.3) is 5.91 Å². The Labute approximate surface area is 104 Å². The number of carbonyl (C=O) groups excluding carboxylic acids is 1. The molecule has 0 atom stereocenters. The summed E-state index contributed by atoms with van der Waals surface area (Å²) in [7, 11) is 0. The Morgan fingerprint density at radius 3 is 2.39 bits per heavy atom. The highest BCUT2D eigenvalue weighted by Crippen LogP contribution is 2.22. The van der Waals surface area contributed by atoms with Crippen LogP contribution in [0.3, 0.4) is 0 Å². The SMILES string of the molecule is CCC(CC)N(CC(F)(F)F)C(=O)c1ccco1. The second-order valence-corrected chi connectivity index (χ2v) is 4.00. The number of furan rings is 1. The van der Waals surface area contributed by atoms with E-state index in [0.29, 0.717) is 12.8 Å². The van der Waals surface area contributed by atoms with E-state index in [2.05, 4.69) is 0 Å². The summed E-state index contributed by atoms with van der Waals surface area (Å²) in [5.41, 5.74) is 0. The van der Waals surface area contributed by atoms with Crippen LogP contribution in [-0.4, -0.2) is 29.6 Å². The topological polar surface area (TPSA) is 33.5 Å². The molecule has 0 aromatic carbocycles. The van der Waals surface area contributed by atoms with Crippen molar-refractivity contribution in [2.24, 2.45) is 0 Å². The van der Waals surface area contributed by atoms with Crippen molar-refractivity contribution in [2.45, 2.75) is 38.9 Å². The quantitative estimate of drug-likeness (QED) is 0.815. The molecular weight excluding hydrogens is 247 g/mol. The van der Waals surface area contributed by atoms with E-state index < -0.39 is 24.7 Å². The van der Waals surface area contributed by atoms with E-state index in [9.17, 15) is 18.0 Å². The summed E-state index contributed by atoms with van der Waals surface area (Å²) < 4.78 is 42.4. The Kier molecular flexibility index (Phi) is 4.81. The van der Waals surface area contributed by atoms with Gasteiger partial charge in [-0.15, -0.1) is 0 Å². The maximum atomic E-state index is 12.5. The molecule has 6 heteroatoms. The predicted molar refractivity (Wildman–Crippen MR) is 60.2 cm³/mol. The number of hydrogen-bond donors (Lipinski definition) is 0. The zero-order valence-electron chi connectivity index (χ0n) is 10.3. The highest BCUT2D eigenvalue weighted by Gasteiger charge is 2.36. The molecule has 18 heavy (non-hydrogen) atoms. The minimum Gasteiger partial charge on any atom is -0.459 e. The summed E-state index contributed by atoms with van der Waals surface area (Å²) >= 11 is 0. The summed E-state index contributed by atoms with van der Waals surface area (Å²) in [6.45, 7) is 2.26. The molecule has 0 unspecified atom stereocenters. The van der Waals surface area contributed by atoms with Crippen LogP contribution in [0.2, 0.25) is 0 Å². The van der Waals surface area contributed by atoms with E-state index >= 15 is 0 Å². The van der Waals surface area contributed by atoms with Gasteiger partial charge >= 0.3 is 6.18 Å². The number of carbonyl (C=O) groups is 1. The summed E-state index contributed by atoms with van der Waals surface area (Å²) in [5, 5.41) is 0. The van der Waals surface area contributed by atoms with Crippen LogP contribution in [0, 0.1) is 0 Å². The molecule has 0 aliphatic heterocycles.